The number of rotatable bonds is 7. The lowest BCUT2D eigenvalue weighted by atomic mass is 9.85. The molecule has 1 aliphatic rings. The predicted octanol–water partition coefficient (Wildman–Crippen LogP) is 2.59. The van der Waals surface area contributed by atoms with Crippen LogP contribution in [0, 0.1) is 5.41 Å². The van der Waals surface area contributed by atoms with Gasteiger partial charge in [-0.15, -0.1) is 11.3 Å². The minimum absolute atomic E-state index is 0.172. The van der Waals surface area contributed by atoms with Gasteiger partial charge in [-0.1, -0.05) is 0 Å². The van der Waals surface area contributed by atoms with Crippen molar-refractivity contribution in [2.24, 2.45) is 5.41 Å². The van der Waals surface area contributed by atoms with E-state index in [1.807, 2.05) is 0 Å². The largest absolute Gasteiger partial charge is 0.465 e. The van der Waals surface area contributed by atoms with E-state index in [-0.39, 0.29) is 38.4 Å². The molecule has 3 rings (SSSR count). The highest BCUT2D eigenvalue weighted by Crippen LogP contribution is 2.40. The number of esters is 3. The third-order valence-electron chi connectivity index (χ3n) is 4.61. The first-order chi connectivity index (χ1) is 13.9. The van der Waals surface area contributed by atoms with Crippen molar-refractivity contribution in [1.82, 2.24) is 9.97 Å². The molecule has 0 bridgehead atoms. The third-order valence-corrected chi connectivity index (χ3v) is 5.47. The molecular formula is C20H22N2O6S. The summed E-state index contributed by atoms with van der Waals surface area (Å²) in [5.41, 5.74) is 0.989. The highest BCUT2D eigenvalue weighted by molar-refractivity contribution is 7.13. The zero-order valence-corrected chi connectivity index (χ0v) is 17.3. The maximum atomic E-state index is 12.6. The quantitative estimate of drug-likeness (QED) is 0.384. The number of aromatic nitrogens is 2. The number of carbonyl (C=O) groups excluding carboxylic acids is 3. The lowest BCUT2D eigenvalue weighted by Crippen LogP contribution is -2.43. The Morgan fingerprint density at radius 3 is 2.24 bits per heavy atom. The Kier molecular flexibility index (Phi) is 6.26. The Labute approximate surface area is 172 Å². The van der Waals surface area contributed by atoms with Crippen LogP contribution < -0.4 is 0 Å². The molecule has 0 fully saturated rings. The summed E-state index contributed by atoms with van der Waals surface area (Å²) < 4.78 is 15.3. The van der Waals surface area contributed by atoms with E-state index in [0.29, 0.717) is 10.7 Å². The fraction of sp³-hybridized carbons (Fsp3) is 0.450. The zero-order chi connectivity index (χ0) is 21.0. The van der Waals surface area contributed by atoms with Crippen LogP contribution in [0.1, 0.15) is 42.4 Å². The number of hydrogen-bond donors (Lipinski definition) is 0. The van der Waals surface area contributed by atoms with Crippen LogP contribution in [-0.4, -0.2) is 47.7 Å². The normalized spacial score (nSPS) is 14.2. The second-order valence-corrected chi connectivity index (χ2v) is 7.33. The van der Waals surface area contributed by atoms with Gasteiger partial charge in [-0.05, 0) is 44.4 Å². The fourth-order valence-corrected chi connectivity index (χ4v) is 4.04. The standard InChI is InChI=1S/C20H22N2O6S/c1-4-26-17(23)15-11-29-16(22-15)14-7-12-8-20(18(24)27-5-2,19(25)28-6-3)9-13(12)10-21-14/h7,10-11H,4-6,8-9H2,1-3H3. The SMILES string of the molecule is CCOC(=O)c1csc(-c2cc3c(cn2)CC(C(=O)OCC)(C(=O)OCC)C3)n1. The van der Waals surface area contributed by atoms with E-state index in [1.54, 1.807) is 38.4 Å². The Hall–Kier alpha value is -2.81. The number of thiazole rings is 1. The van der Waals surface area contributed by atoms with Gasteiger partial charge in [-0.2, -0.15) is 0 Å². The first kappa shape index (κ1) is 20.9. The topological polar surface area (TPSA) is 105 Å². The minimum atomic E-state index is -1.40. The summed E-state index contributed by atoms with van der Waals surface area (Å²) >= 11 is 1.27. The number of nitrogens with zero attached hydrogens (tertiary/aromatic N) is 2. The lowest BCUT2D eigenvalue weighted by Gasteiger charge is -2.23. The zero-order valence-electron chi connectivity index (χ0n) is 16.5. The van der Waals surface area contributed by atoms with Gasteiger partial charge in [0.2, 0.25) is 0 Å². The second-order valence-electron chi connectivity index (χ2n) is 6.47. The number of hydrogen-bond acceptors (Lipinski definition) is 9. The van der Waals surface area contributed by atoms with Crippen molar-refractivity contribution in [2.45, 2.75) is 33.6 Å². The Bertz CT molecular complexity index is 921. The van der Waals surface area contributed by atoms with Gasteiger partial charge in [-0.3, -0.25) is 14.6 Å². The molecule has 0 spiro atoms. The molecule has 0 saturated heterocycles. The van der Waals surface area contributed by atoms with Crippen LogP contribution in [0.5, 0.6) is 0 Å². The van der Waals surface area contributed by atoms with Crippen LogP contribution in [0.3, 0.4) is 0 Å². The van der Waals surface area contributed by atoms with E-state index in [2.05, 4.69) is 9.97 Å². The van der Waals surface area contributed by atoms with Crippen LogP contribution in [0.4, 0.5) is 0 Å². The van der Waals surface area contributed by atoms with Crippen LogP contribution in [0.15, 0.2) is 17.6 Å². The molecule has 2 aromatic rings. The van der Waals surface area contributed by atoms with Crippen molar-refractivity contribution < 1.29 is 28.6 Å². The summed E-state index contributed by atoms with van der Waals surface area (Å²) in [6, 6.07) is 1.79. The number of carbonyl (C=O) groups is 3. The van der Waals surface area contributed by atoms with Gasteiger partial charge in [0.25, 0.3) is 0 Å². The second kappa shape index (κ2) is 8.69. The van der Waals surface area contributed by atoms with Gasteiger partial charge in [0, 0.05) is 18.0 Å². The van der Waals surface area contributed by atoms with Crippen molar-refractivity contribution in [2.75, 3.05) is 19.8 Å². The summed E-state index contributed by atoms with van der Waals surface area (Å²) in [7, 11) is 0. The van der Waals surface area contributed by atoms with Gasteiger partial charge < -0.3 is 14.2 Å². The Morgan fingerprint density at radius 2 is 1.62 bits per heavy atom. The molecule has 0 aromatic carbocycles. The average Bonchev–Trinajstić information content (AvgIpc) is 3.34. The van der Waals surface area contributed by atoms with Crippen molar-refractivity contribution in [3.05, 3.63) is 34.5 Å². The minimum Gasteiger partial charge on any atom is -0.465 e. The van der Waals surface area contributed by atoms with Gasteiger partial charge >= 0.3 is 17.9 Å². The smallest absolute Gasteiger partial charge is 0.357 e. The first-order valence-corrected chi connectivity index (χ1v) is 10.3. The first-order valence-electron chi connectivity index (χ1n) is 9.40. The van der Waals surface area contributed by atoms with Gasteiger partial charge in [0.05, 0.1) is 25.5 Å². The Morgan fingerprint density at radius 1 is 1.00 bits per heavy atom. The lowest BCUT2D eigenvalue weighted by molar-refractivity contribution is -0.171. The van der Waals surface area contributed by atoms with Crippen molar-refractivity contribution in [3.8, 4) is 10.7 Å². The van der Waals surface area contributed by atoms with E-state index >= 15 is 0 Å². The third kappa shape index (κ3) is 4.00. The molecule has 2 heterocycles. The summed E-state index contributed by atoms with van der Waals surface area (Å²) in [4.78, 5) is 45.8. The monoisotopic (exact) mass is 418 g/mol. The summed E-state index contributed by atoms with van der Waals surface area (Å²) in [6.45, 7) is 5.74. The molecule has 0 aliphatic heterocycles. The number of pyridine rings is 1. The Balaban J connectivity index is 1.90. The van der Waals surface area contributed by atoms with Crippen LogP contribution in [0.25, 0.3) is 10.7 Å². The molecule has 1 aliphatic carbocycles. The maximum absolute atomic E-state index is 12.6. The highest BCUT2D eigenvalue weighted by atomic mass is 32.1. The van der Waals surface area contributed by atoms with Crippen molar-refractivity contribution in [3.63, 3.8) is 0 Å². The van der Waals surface area contributed by atoms with Crippen LogP contribution in [-0.2, 0) is 36.6 Å². The maximum Gasteiger partial charge on any atom is 0.357 e. The summed E-state index contributed by atoms with van der Waals surface area (Å²) in [6.07, 6.45) is 1.99. The molecule has 29 heavy (non-hydrogen) atoms. The van der Waals surface area contributed by atoms with Crippen LogP contribution in [0.2, 0.25) is 0 Å². The fourth-order valence-electron chi connectivity index (χ4n) is 3.28. The number of fused-ring (bicyclic) bond motifs is 1. The highest BCUT2D eigenvalue weighted by Gasteiger charge is 2.53. The average molecular weight is 418 g/mol. The van der Waals surface area contributed by atoms with Crippen LogP contribution >= 0.6 is 11.3 Å². The summed E-state index contributed by atoms with van der Waals surface area (Å²) in [5, 5.41) is 2.17. The number of ether oxygens (including phenoxy) is 3. The molecule has 2 aromatic heterocycles. The van der Waals surface area contributed by atoms with E-state index in [0.717, 1.165) is 11.1 Å². The van der Waals surface area contributed by atoms with E-state index in [1.165, 1.54) is 11.3 Å². The molecular weight excluding hydrogens is 396 g/mol. The van der Waals surface area contributed by atoms with Gasteiger partial charge in [0.1, 0.15) is 5.01 Å². The van der Waals surface area contributed by atoms with Gasteiger partial charge in [-0.25, -0.2) is 9.78 Å². The summed E-state index contributed by atoms with van der Waals surface area (Å²) in [5.74, 6) is -1.66. The van der Waals surface area contributed by atoms with Crippen molar-refractivity contribution >= 4 is 29.2 Å². The molecule has 154 valence electrons. The molecule has 0 amide bonds. The van der Waals surface area contributed by atoms with E-state index < -0.39 is 23.3 Å². The van der Waals surface area contributed by atoms with Gasteiger partial charge in [0.15, 0.2) is 11.1 Å². The van der Waals surface area contributed by atoms with E-state index in [4.69, 9.17) is 14.2 Å². The predicted molar refractivity (Wildman–Crippen MR) is 104 cm³/mol. The van der Waals surface area contributed by atoms with Crippen molar-refractivity contribution in [1.29, 1.82) is 0 Å². The molecule has 0 radical (unpaired) electrons. The molecule has 0 saturated carbocycles. The molecule has 0 atom stereocenters. The molecule has 0 unspecified atom stereocenters. The molecule has 8 nitrogen and oxygen atoms in total. The molecule has 9 heteroatoms. The molecule has 0 N–H and O–H groups in total. The van der Waals surface area contributed by atoms with E-state index in [9.17, 15) is 14.4 Å².